The molecule has 2 N–H and O–H groups in total. The number of rotatable bonds is 3. The van der Waals surface area contributed by atoms with Crippen molar-refractivity contribution in [2.45, 2.75) is 38.3 Å². The summed E-state index contributed by atoms with van der Waals surface area (Å²) in [6.45, 7) is 3.66. The number of imide groups is 1. The number of amides is 5. The molecule has 1 atom stereocenters. The molecule has 5 rings (SSSR count). The number of carbonyl (C=O) groups excluding carboxylic acids is 4. The minimum Gasteiger partial charge on any atom is -0.465 e. The van der Waals surface area contributed by atoms with E-state index in [1.807, 2.05) is 17.0 Å². The number of piperidine rings is 2. The zero-order chi connectivity index (χ0) is 24.7. The average molecular weight is 484 g/mol. The number of nitrogens with one attached hydrogen (secondary N) is 1. The average Bonchev–Trinajstić information content (AvgIpc) is 3.19. The van der Waals surface area contributed by atoms with E-state index in [4.69, 9.17) is 5.11 Å². The number of piperazine rings is 1. The second-order valence-corrected chi connectivity index (χ2v) is 9.60. The molecule has 4 heterocycles. The van der Waals surface area contributed by atoms with Crippen LogP contribution in [-0.2, 0) is 20.9 Å². The Kier molecular flexibility index (Phi) is 6.08. The Morgan fingerprint density at radius 1 is 0.914 bits per heavy atom. The van der Waals surface area contributed by atoms with E-state index in [2.05, 4.69) is 10.2 Å². The van der Waals surface area contributed by atoms with Crippen LogP contribution in [0.1, 0.15) is 41.6 Å². The Morgan fingerprint density at radius 3 is 2.29 bits per heavy atom. The molecule has 3 fully saturated rings. The lowest BCUT2D eigenvalue weighted by Crippen LogP contribution is -2.52. The SMILES string of the molecule is O=C1CC[C@H](N2Cc3cc(N4CCN(C(=O)C5CCN(C(=O)O)CC5)CC4)ccc3C2=O)C(=O)N1. The summed E-state index contributed by atoms with van der Waals surface area (Å²) < 4.78 is 0. The van der Waals surface area contributed by atoms with Crippen molar-refractivity contribution in [2.24, 2.45) is 5.92 Å². The Morgan fingerprint density at radius 2 is 1.63 bits per heavy atom. The van der Waals surface area contributed by atoms with Crippen molar-refractivity contribution in [1.29, 1.82) is 0 Å². The third-order valence-corrected chi connectivity index (χ3v) is 7.58. The molecule has 35 heavy (non-hydrogen) atoms. The van der Waals surface area contributed by atoms with E-state index in [0.29, 0.717) is 70.6 Å². The van der Waals surface area contributed by atoms with Crippen LogP contribution in [0, 0.1) is 5.92 Å². The van der Waals surface area contributed by atoms with Gasteiger partial charge in [0.15, 0.2) is 0 Å². The van der Waals surface area contributed by atoms with Gasteiger partial charge in [-0.15, -0.1) is 0 Å². The smallest absolute Gasteiger partial charge is 0.407 e. The molecule has 0 unspecified atom stereocenters. The van der Waals surface area contributed by atoms with Gasteiger partial charge < -0.3 is 24.7 Å². The van der Waals surface area contributed by atoms with E-state index < -0.39 is 18.0 Å². The topological polar surface area (TPSA) is 131 Å². The predicted octanol–water partition coefficient (Wildman–Crippen LogP) is 0.486. The molecule has 4 aliphatic heterocycles. The van der Waals surface area contributed by atoms with Crippen LogP contribution in [-0.4, -0.2) is 94.8 Å². The number of nitrogens with zero attached hydrogens (tertiary/aromatic N) is 4. The molecule has 5 amide bonds. The zero-order valence-electron chi connectivity index (χ0n) is 19.4. The zero-order valence-corrected chi connectivity index (χ0v) is 19.4. The second-order valence-electron chi connectivity index (χ2n) is 9.60. The van der Waals surface area contributed by atoms with Gasteiger partial charge in [0.2, 0.25) is 17.7 Å². The van der Waals surface area contributed by atoms with Crippen LogP contribution < -0.4 is 10.2 Å². The first-order valence-corrected chi connectivity index (χ1v) is 12.1. The predicted molar refractivity (Wildman–Crippen MR) is 124 cm³/mol. The molecule has 11 nitrogen and oxygen atoms in total. The van der Waals surface area contributed by atoms with Gasteiger partial charge >= 0.3 is 6.09 Å². The standard InChI is InChI=1S/C24H29N5O6/c30-20-4-3-19(21(31)25-20)29-14-16-13-17(1-2-18(16)23(29)33)26-9-11-27(12-10-26)22(32)15-5-7-28(8-6-15)24(34)35/h1-2,13,15,19H,3-12,14H2,(H,34,35)(H,25,30,31)/t19-/m0/s1. The number of carboxylic acid groups (broad SMARTS) is 1. The third kappa shape index (κ3) is 4.42. The molecule has 1 aromatic carbocycles. The molecular weight excluding hydrogens is 454 g/mol. The fourth-order valence-corrected chi connectivity index (χ4v) is 5.52. The van der Waals surface area contributed by atoms with Gasteiger partial charge in [0.05, 0.1) is 0 Å². The van der Waals surface area contributed by atoms with Crippen molar-refractivity contribution in [1.82, 2.24) is 20.0 Å². The van der Waals surface area contributed by atoms with E-state index in [-0.39, 0.29) is 30.1 Å². The van der Waals surface area contributed by atoms with Gasteiger partial charge in [0, 0.05) is 69.4 Å². The maximum atomic E-state index is 12.9. The van der Waals surface area contributed by atoms with Crippen LogP contribution in [0.5, 0.6) is 0 Å². The first-order chi connectivity index (χ1) is 16.8. The molecule has 186 valence electrons. The molecular formula is C24H29N5O6. The molecule has 0 radical (unpaired) electrons. The van der Waals surface area contributed by atoms with Gasteiger partial charge in [-0.05, 0) is 43.0 Å². The highest BCUT2D eigenvalue weighted by atomic mass is 16.4. The lowest BCUT2D eigenvalue weighted by molar-refractivity contribution is -0.138. The molecule has 4 aliphatic rings. The van der Waals surface area contributed by atoms with Gasteiger partial charge in [0.25, 0.3) is 5.91 Å². The van der Waals surface area contributed by atoms with Crippen LogP contribution >= 0.6 is 0 Å². The van der Waals surface area contributed by atoms with Crippen LogP contribution in [0.3, 0.4) is 0 Å². The summed E-state index contributed by atoms with van der Waals surface area (Å²) >= 11 is 0. The van der Waals surface area contributed by atoms with Gasteiger partial charge in [0.1, 0.15) is 6.04 Å². The van der Waals surface area contributed by atoms with Gasteiger partial charge in [-0.1, -0.05) is 0 Å². The Bertz CT molecular complexity index is 1070. The molecule has 1 aromatic rings. The number of anilines is 1. The number of likely N-dealkylation sites (tertiary alicyclic amines) is 1. The minimum atomic E-state index is -0.930. The highest BCUT2D eigenvalue weighted by Crippen LogP contribution is 2.31. The van der Waals surface area contributed by atoms with Crippen LogP contribution in [0.15, 0.2) is 18.2 Å². The summed E-state index contributed by atoms with van der Waals surface area (Å²) in [5, 5.41) is 11.4. The fraction of sp³-hybridized carbons (Fsp3) is 0.542. The highest BCUT2D eigenvalue weighted by molar-refractivity contribution is 6.05. The molecule has 0 aliphatic carbocycles. The van der Waals surface area contributed by atoms with E-state index >= 15 is 0 Å². The number of fused-ring (bicyclic) bond motifs is 1. The minimum absolute atomic E-state index is 0.106. The van der Waals surface area contributed by atoms with Gasteiger partial charge in [-0.25, -0.2) is 4.79 Å². The summed E-state index contributed by atoms with van der Waals surface area (Å²) in [5.74, 6) is -0.931. The van der Waals surface area contributed by atoms with Crippen molar-refractivity contribution in [3.8, 4) is 0 Å². The monoisotopic (exact) mass is 483 g/mol. The summed E-state index contributed by atoms with van der Waals surface area (Å²) in [6.07, 6.45) is 0.758. The van der Waals surface area contributed by atoms with E-state index in [9.17, 15) is 24.0 Å². The van der Waals surface area contributed by atoms with Gasteiger partial charge in [-0.3, -0.25) is 24.5 Å². The highest BCUT2D eigenvalue weighted by Gasteiger charge is 2.39. The lowest BCUT2D eigenvalue weighted by Gasteiger charge is -2.39. The molecule has 3 saturated heterocycles. The third-order valence-electron chi connectivity index (χ3n) is 7.58. The largest absolute Gasteiger partial charge is 0.465 e. The number of hydrogen-bond donors (Lipinski definition) is 2. The van der Waals surface area contributed by atoms with Crippen molar-refractivity contribution in [3.63, 3.8) is 0 Å². The van der Waals surface area contributed by atoms with E-state index in [1.165, 1.54) is 4.90 Å². The maximum absolute atomic E-state index is 12.9. The normalized spacial score (nSPS) is 23.4. The fourth-order valence-electron chi connectivity index (χ4n) is 5.52. The van der Waals surface area contributed by atoms with E-state index in [1.54, 1.807) is 11.0 Å². The van der Waals surface area contributed by atoms with Crippen LogP contribution in [0.2, 0.25) is 0 Å². The van der Waals surface area contributed by atoms with Gasteiger partial charge in [-0.2, -0.15) is 0 Å². The van der Waals surface area contributed by atoms with Crippen LogP contribution in [0.25, 0.3) is 0 Å². The number of hydrogen-bond acceptors (Lipinski definition) is 6. The molecule has 0 spiro atoms. The summed E-state index contributed by atoms with van der Waals surface area (Å²) in [7, 11) is 0. The van der Waals surface area contributed by atoms with Crippen molar-refractivity contribution < 1.29 is 29.1 Å². The first-order valence-electron chi connectivity index (χ1n) is 12.1. The molecule has 0 saturated carbocycles. The number of benzene rings is 1. The maximum Gasteiger partial charge on any atom is 0.407 e. The molecule has 11 heteroatoms. The summed E-state index contributed by atoms with van der Waals surface area (Å²) in [6, 6.07) is 5.06. The summed E-state index contributed by atoms with van der Waals surface area (Å²) in [4.78, 5) is 67.6. The summed E-state index contributed by atoms with van der Waals surface area (Å²) in [5.41, 5.74) is 2.42. The number of carbonyl (C=O) groups is 5. The molecule has 0 aromatic heterocycles. The Labute approximate surface area is 202 Å². The second kappa shape index (κ2) is 9.20. The quantitative estimate of drug-likeness (QED) is 0.598. The van der Waals surface area contributed by atoms with Crippen molar-refractivity contribution in [2.75, 3.05) is 44.2 Å². The first kappa shape index (κ1) is 23.1. The van der Waals surface area contributed by atoms with Crippen LogP contribution in [0.4, 0.5) is 10.5 Å². The van der Waals surface area contributed by atoms with E-state index in [0.717, 1.165) is 11.3 Å². The molecule has 0 bridgehead atoms. The Hall–Kier alpha value is -3.63. The van der Waals surface area contributed by atoms with Crippen molar-refractivity contribution >= 4 is 35.4 Å². The Balaban J connectivity index is 1.18. The van der Waals surface area contributed by atoms with Crippen molar-refractivity contribution in [3.05, 3.63) is 29.3 Å². The lowest BCUT2D eigenvalue weighted by atomic mass is 9.95.